The summed E-state index contributed by atoms with van der Waals surface area (Å²) in [6.45, 7) is 31.3. The highest BCUT2D eigenvalue weighted by Crippen LogP contribution is 2.49. The Morgan fingerprint density at radius 3 is 1.82 bits per heavy atom. The van der Waals surface area contributed by atoms with Crippen LogP contribution >= 0.6 is 0 Å². The fourth-order valence-electron chi connectivity index (χ4n) is 3.75. The molecule has 232 valence electrons. The topological polar surface area (TPSA) is 97.8 Å². The highest BCUT2D eigenvalue weighted by molar-refractivity contribution is 6.75. The molecule has 2 unspecified atom stereocenters. The van der Waals surface area contributed by atoms with E-state index in [2.05, 4.69) is 107 Å². The molecular formula is C28H56FN3O5Si3. The Labute approximate surface area is 244 Å². The fraction of sp³-hybridized carbons (Fsp3) is 0.857. The molecule has 12 heteroatoms. The molecule has 1 aliphatic heterocycles. The fourth-order valence-corrected chi connectivity index (χ4v) is 7.39. The summed E-state index contributed by atoms with van der Waals surface area (Å²) in [6.07, 6.45) is -1.00. The lowest BCUT2D eigenvalue weighted by Gasteiger charge is -2.46. The van der Waals surface area contributed by atoms with E-state index in [1.54, 1.807) is 12.3 Å². The molecule has 2 heterocycles. The van der Waals surface area contributed by atoms with Crippen LogP contribution in [0.25, 0.3) is 0 Å². The van der Waals surface area contributed by atoms with Crippen LogP contribution in [0.5, 0.6) is 0 Å². The predicted molar refractivity (Wildman–Crippen MR) is 169 cm³/mol. The molecule has 2 rings (SSSR count). The summed E-state index contributed by atoms with van der Waals surface area (Å²) in [4.78, 5) is 17.1. The quantitative estimate of drug-likeness (QED) is 0.302. The van der Waals surface area contributed by atoms with E-state index < -0.39 is 61.4 Å². The SMILES string of the molecule is CC(C)(C)[Si](C)(C)OC[C@@]1(CF)O[C@@H](n2ccc(N)nc2=O)C(O[Si](C)(C)C(C)(C)C)C1O[Si](C)(C)C(C)(C)C. The summed E-state index contributed by atoms with van der Waals surface area (Å²) in [5.41, 5.74) is 3.74. The van der Waals surface area contributed by atoms with E-state index in [0.29, 0.717) is 0 Å². The van der Waals surface area contributed by atoms with Crippen LogP contribution in [0.3, 0.4) is 0 Å². The van der Waals surface area contributed by atoms with Gasteiger partial charge in [0.1, 0.15) is 30.3 Å². The van der Waals surface area contributed by atoms with E-state index in [1.807, 2.05) is 0 Å². The molecule has 0 aromatic carbocycles. The van der Waals surface area contributed by atoms with Gasteiger partial charge in [0.25, 0.3) is 0 Å². The monoisotopic (exact) mass is 617 g/mol. The molecule has 1 aliphatic rings. The van der Waals surface area contributed by atoms with Gasteiger partial charge in [-0.2, -0.15) is 4.98 Å². The highest BCUT2D eigenvalue weighted by Gasteiger charge is 2.62. The van der Waals surface area contributed by atoms with E-state index in [4.69, 9.17) is 23.7 Å². The van der Waals surface area contributed by atoms with Crippen LogP contribution in [0.15, 0.2) is 17.1 Å². The van der Waals surface area contributed by atoms with Crippen LogP contribution in [0.2, 0.25) is 54.4 Å². The van der Waals surface area contributed by atoms with Gasteiger partial charge in [0, 0.05) is 6.20 Å². The zero-order valence-electron chi connectivity index (χ0n) is 27.7. The van der Waals surface area contributed by atoms with Crippen molar-refractivity contribution in [3.05, 3.63) is 22.7 Å². The first kappa shape index (κ1) is 35.3. The van der Waals surface area contributed by atoms with Crippen LogP contribution in [-0.2, 0) is 18.0 Å². The molecule has 0 aliphatic carbocycles. The second kappa shape index (κ2) is 11.3. The molecule has 1 saturated heterocycles. The molecule has 8 nitrogen and oxygen atoms in total. The molecule has 0 spiro atoms. The molecule has 4 atom stereocenters. The van der Waals surface area contributed by atoms with Crippen molar-refractivity contribution in [2.24, 2.45) is 0 Å². The molecule has 1 aromatic heterocycles. The van der Waals surface area contributed by atoms with E-state index in [9.17, 15) is 4.79 Å². The van der Waals surface area contributed by atoms with Gasteiger partial charge in [-0.25, -0.2) is 9.18 Å². The maximum Gasteiger partial charge on any atom is 0.351 e. The number of rotatable bonds is 9. The third-order valence-electron chi connectivity index (χ3n) is 9.75. The molecule has 1 aromatic rings. The van der Waals surface area contributed by atoms with Crippen LogP contribution in [0.4, 0.5) is 10.2 Å². The minimum Gasteiger partial charge on any atom is -0.414 e. The van der Waals surface area contributed by atoms with Gasteiger partial charge >= 0.3 is 5.69 Å². The number of nitrogens with zero attached hydrogens (tertiary/aromatic N) is 2. The van der Waals surface area contributed by atoms with Crippen molar-refractivity contribution in [1.29, 1.82) is 0 Å². The summed E-state index contributed by atoms with van der Waals surface area (Å²) >= 11 is 0. The summed E-state index contributed by atoms with van der Waals surface area (Å²) < 4.78 is 44.3. The Morgan fingerprint density at radius 1 is 0.925 bits per heavy atom. The lowest BCUT2D eigenvalue weighted by molar-refractivity contribution is -0.133. The minimum atomic E-state index is -2.48. The number of nitrogens with two attached hydrogens (primary N) is 1. The van der Waals surface area contributed by atoms with Crippen molar-refractivity contribution in [3.63, 3.8) is 0 Å². The number of hydrogen-bond acceptors (Lipinski definition) is 7. The summed E-state index contributed by atoms with van der Waals surface area (Å²) in [6, 6.07) is 1.54. The van der Waals surface area contributed by atoms with Crippen molar-refractivity contribution < 1.29 is 22.4 Å². The highest BCUT2D eigenvalue weighted by atomic mass is 28.4. The van der Waals surface area contributed by atoms with Gasteiger partial charge in [0.15, 0.2) is 31.2 Å². The number of aromatic nitrogens is 2. The average molecular weight is 618 g/mol. The Bertz CT molecular complexity index is 1090. The Morgan fingerprint density at radius 2 is 1.40 bits per heavy atom. The maximum absolute atomic E-state index is 15.6. The molecule has 1 fully saturated rings. The number of nitrogen functional groups attached to an aromatic ring is 1. The molecule has 0 radical (unpaired) electrons. The summed E-state index contributed by atoms with van der Waals surface area (Å²) in [7, 11) is -7.24. The molecule has 0 saturated carbocycles. The van der Waals surface area contributed by atoms with Crippen LogP contribution in [-0.4, -0.2) is 65.6 Å². The van der Waals surface area contributed by atoms with Crippen LogP contribution in [0, 0.1) is 0 Å². The van der Waals surface area contributed by atoms with E-state index in [-0.39, 0.29) is 27.5 Å². The first-order chi connectivity index (χ1) is 17.7. The smallest absolute Gasteiger partial charge is 0.351 e. The zero-order chi connectivity index (χ0) is 31.3. The third-order valence-corrected chi connectivity index (χ3v) is 23.2. The second-order valence-electron chi connectivity index (χ2n) is 15.9. The number of ether oxygens (including phenoxy) is 1. The largest absolute Gasteiger partial charge is 0.414 e. The minimum absolute atomic E-state index is 0.00963. The Balaban J connectivity index is 2.80. The van der Waals surface area contributed by atoms with E-state index in [0.717, 1.165) is 0 Å². The maximum atomic E-state index is 15.6. The van der Waals surface area contributed by atoms with E-state index in [1.165, 1.54) is 4.57 Å². The molecule has 0 amide bonds. The number of alkyl halides is 1. The third kappa shape index (κ3) is 7.17. The van der Waals surface area contributed by atoms with Crippen molar-refractivity contribution >= 4 is 30.8 Å². The normalized spacial score (nSPS) is 25.4. The van der Waals surface area contributed by atoms with Crippen LogP contribution in [0.1, 0.15) is 68.5 Å². The van der Waals surface area contributed by atoms with Gasteiger partial charge in [-0.05, 0) is 60.5 Å². The number of halogens is 1. The summed E-state index contributed by atoms with van der Waals surface area (Å²) in [5, 5.41) is -0.399. The molecule has 40 heavy (non-hydrogen) atoms. The van der Waals surface area contributed by atoms with Crippen molar-refractivity contribution in [3.8, 4) is 0 Å². The first-order valence-electron chi connectivity index (χ1n) is 14.3. The van der Waals surface area contributed by atoms with Gasteiger partial charge in [-0.15, -0.1) is 0 Å². The Kier molecular flexibility index (Phi) is 9.98. The molecule has 0 bridgehead atoms. The van der Waals surface area contributed by atoms with Crippen molar-refractivity contribution in [1.82, 2.24) is 9.55 Å². The number of anilines is 1. The van der Waals surface area contributed by atoms with Gasteiger partial charge in [-0.3, -0.25) is 4.57 Å². The lowest BCUT2D eigenvalue weighted by Crippen LogP contribution is -2.60. The van der Waals surface area contributed by atoms with E-state index >= 15 is 4.39 Å². The van der Waals surface area contributed by atoms with Gasteiger partial charge < -0.3 is 23.7 Å². The number of hydrogen-bond donors (Lipinski definition) is 1. The van der Waals surface area contributed by atoms with Gasteiger partial charge in [-0.1, -0.05) is 62.3 Å². The Hall–Kier alpha value is -0.899. The molecule has 2 N–H and O–H groups in total. The lowest BCUT2D eigenvalue weighted by atomic mass is 9.97. The zero-order valence-corrected chi connectivity index (χ0v) is 30.7. The predicted octanol–water partition coefficient (Wildman–Crippen LogP) is 6.87. The van der Waals surface area contributed by atoms with Gasteiger partial charge in [0.2, 0.25) is 0 Å². The first-order valence-corrected chi connectivity index (χ1v) is 23.0. The average Bonchev–Trinajstić information content (AvgIpc) is 3.02. The van der Waals surface area contributed by atoms with Crippen molar-refractivity contribution in [2.45, 2.75) is 141 Å². The van der Waals surface area contributed by atoms with Crippen molar-refractivity contribution in [2.75, 3.05) is 19.0 Å². The second-order valence-corrected chi connectivity index (χ2v) is 30.3. The molecular weight excluding hydrogens is 562 g/mol. The van der Waals surface area contributed by atoms with Gasteiger partial charge in [0.05, 0.1) is 6.61 Å². The standard InChI is InChI=1S/C28H56FN3O5Si3/c1-25(2,3)38(10,11)34-19-28(18-29)22(37-40(14,15)27(7,8)9)21(36-39(12,13)26(4,5)6)23(35-28)32-17-16-20(30)31-24(32)33/h16-17,21-23H,18-19H2,1-15H3,(H2,30,31,33)/t21?,22?,23-,28-/m1/s1. The van der Waals surface area contributed by atoms with Crippen LogP contribution < -0.4 is 11.4 Å². The summed E-state index contributed by atoms with van der Waals surface area (Å²) in [5.74, 6) is 0.105.